The average Bonchev–Trinajstić information content (AvgIpc) is 2.41. The summed E-state index contributed by atoms with van der Waals surface area (Å²) in [6, 6.07) is 0. The molecular weight excluding hydrogens is 212 g/mol. The van der Waals surface area contributed by atoms with Gasteiger partial charge in [-0.2, -0.15) is 11.8 Å². The topological polar surface area (TPSA) is 0 Å². The Hall–Kier alpha value is -0.170. The monoisotopic (exact) mass is 246 g/mol. The molecule has 0 radical (unpaired) electrons. The zero-order valence-electron chi connectivity index (χ0n) is 12.9. The number of thioether (sulfide) groups is 1. The predicted molar refractivity (Wildman–Crippen MR) is 85.6 cm³/mol. The van der Waals surface area contributed by atoms with E-state index in [4.69, 9.17) is 0 Å². The molecule has 0 saturated heterocycles. The SMILES string of the molecule is C=C/C(=C\CC)CSCC.CC.CC.CC. The van der Waals surface area contributed by atoms with Crippen LogP contribution in [-0.2, 0) is 0 Å². The molecule has 0 heterocycles. The second-order valence-corrected chi connectivity index (χ2v) is 3.30. The van der Waals surface area contributed by atoms with Gasteiger partial charge >= 0.3 is 0 Å². The molecule has 0 nitrogen and oxygen atoms in total. The normalized spacial score (nSPS) is 8.38. The van der Waals surface area contributed by atoms with Gasteiger partial charge < -0.3 is 0 Å². The molecule has 0 aliphatic heterocycles. The summed E-state index contributed by atoms with van der Waals surface area (Å²) in [7, 11) is 0. The molecule has 0 rings (SSSR count). The van der Waals surface area contributed by atoms with Crippen LogP contribution in [0, 0.1) is 0 Å². The molecule has 0 N–H and O–H groups in total. The Balaban J connectivity index is -0.000000103. The van der Waals surface area contributed by atoms with Gasteiger partial charge in [-0.25, -0.2) is 0 Å². The lowest BCUT2D eigenvalue weighted by Crippen LogP contribution is -1.82. The Bertz CT molecular complexity index is 115. The van der Waals surface area contributed by atoms with Gasteiger partial charge in [0.05, 0.1) is 0 Å². The largest absolute Gasteiger partial charge is 0.158 e. The maximum Gasteiger partial charge on any atom is 0.0181 e. The van der Waals surface area contributed by atoms with E-state index in [9.17, 15) is 0 Å². The maximum absolute atomic E-state index is 3.75. The summed E-state index contributed by atoms with van der Waals surface area (Å²) >= 11 is 1.94. The van der Waals surface area contributed by atoms with Crippen molar-refractivity contribution in [3.8, 4) is 0 Å². The van der Waals surface area contributed by atoms with Crippen LogP contribution in [0.5, 0.6) is 0 Å². The highest BCUT2D eigenvalue weighted by Gasteiger charge is 1.88. The van der Waals surface area contributed by atoms with Crippen molar-refractivity contribution in [3.63, 3.8) is 0 Å². The van der Waals surface area contributed by atoms with E-state index in [1.165, 1.54) is 11.3 Å². The minimum atomic E-state index is 1.12. The third-order valence-corrected chi connectivity index (χ3v) is 2.15. The van der Waals surface area contributed by atoms with Crippen LogP contribution in [0.25, 0.3) is 0 Å². The highest BCUT2D eigenvalue weighted by Crippen LogP contribution is 2.08. The fourth-order valence-corrected chi connectivity index (χ4v) is 1.36. The van der Waals surface area contributed by atoms with Crippen LogP contribution in [0.3, 0.4) is 0 Å². The average molecular weight is 247 g/mol. The summed E-state index contributed by atoms with van der Waals surface area (Å²) in [6.07, 6.45) is 5.30. The zero-order chi connectivity index (χ0) is 13.8. The highest BCUT2D eigenvalue weighted by molar-refractivity contribution is 7.99. The van der Waals surface area contributed by atoms with Crippen molar-refractivity contribution in [1.29, 1.82) is 0 Å². The minimum absolute atomic E-state index is 1.12. The van der Waals surface area contributed by atoms with E-state index >= 15 is 0 Å². The van der Waals surface area contributed by atoms with Gasteiger partial charge in [0.15, 0.2) is 0 Å². The first kappa shape index (κ1) is 24.9. The van der Waals surface area contributed by atoms with Crippen LogP contribution in [0.1, 0.15) is 61.8 Å². The van der Waals surface area contributed by atoms with Gasteiger partial charge in [0.2, 0.25) is 0 Å². The van der Waals surface area contributed by atoms with Crippen molar-refractivity contribution < 1.29 is 0 Å². The number of rotatable bonds is 5. The first-order chi connectivity index (χ1) is 7.85. The molecule has 0 aromatic heterocycles. The maximum atomic E-state index is 3.75. The quantitative estimate of drug-likeness (QED) is 0.510. The van der Waals surface area contributed by atoms with Gasteiger partial charge in [-0.3, -0.25) is 0 Å². The van der Waals surface area contributed by atoms with Crippen molar-refractivity contribution >= 4 is 11.8 Å². The molecule has 0 fully saturated rings. The number of hydrogen-bond donors (Lipinski definition) is 0. The Morgan fingerprint density at radius 2 is 1.44 bits per heavy atom. The fraction of sp³-hybridized carbons (Fsp3) is 0.733. The van der Waals surface area contributed by atoms with Gasteiger partial charge in [-0.05, 0) is 17.7 Å². The van der Waals surface area contributed by atoms with Crippen LogP contribution < -0.4 is 0 Å². The molecule has 0 atom stereocenters. The van der Waals surface area contributed by atoms with Crippen molar-refractivity contribution in [3.05, 3.63) is 24.3 Å². The molecule has 0 spiro atoms. The molecule has 0 saturated carbocycles. The molecule has 0 aliphatic rings. The molecule has 0 aromatic carbocycles. The lowest BCUT2D eigenvalue weighted by Gasteiger charge is -1.97. The van der Waals surface area contributed by atoms with Crippen molar-refractivity contribution in [1.82, 2.24) is 0 Å². The van der Waals surface area contributed by atoms with Gasteiger partial charge in [0, 0.05) is 5.75 Å². The first-order valence-electron chi connectivity index (χ1n) is 6.74. The van der Waals surface area contributed by atoms with Crippen molar-refractivity contribution in [2.75, 3.05) is 11.5 Å². The Morgan fingerprint density at radius 1 is 1.00 bits per heavy atom. The Morgan fingerprint density at radius 3 is 1.69 bits per heavy atom. The van der Waals surface area contributed by atoms with Crippen LogP contribution in [0.15, 0.2) is 24.3 Å². The summed E-state index contributed by atoms with van der Waals surface area (Å²) in [4.78, 5) is 0. The van der Waals surface area contributed by atoms with Crippen molar-refractivity contribution in [2.24, 2.45) is 0 Å². The number of hydrogen-bond acceptors (Lipinski definition) is 1. The third kappa shape index (κ3) is 29.2. The molecule has 0 aliphatic carbocycles. The van der Waals surface area contributed by atoms with E-state index in [1.807, 2.05) is 59.4 Å². The molecule has 100 valence electrons. The van der Waals surface area contributed by atoms with Crippen LogP contribution >= 0.6 is 11.8 Å². The minimum Gasteiger partial charge on any atom is -0.158 e. The summed E-state index contributed by atoms with van der Waals surface area (Å²) in [6.45, 7) is 20.1. The van der Waals surface area contributed by atoms with E-state index in [1.54, 1.807) is 0 Å². The van der Waals surface area contributed by atoms with Crippen LogP contribution in [0.2, 0.25) is 0 Å². The summed E-state index contributed by atoms with van der Waals surface area (Å²) in [5.74, 6) is 2.31. The molecule has 16 heavy (non-hydrogen) atoms. The number of allylic oxidation sites excluding steroid dienone is 2. The lowest BCUT2D eigenvalue weighted by atomic mass is 10.2. The lowest BCUT2D eigenvalue weighted by molar-refractivity contribution is 1.20. The fourth-order valence-electron chi connectivity index (χ4n) is 0.683. The van der Waals surface area contributed by atoms with Crippen molar-refractivity contribution in [2.45, 2.75) is 61.8 Å². The van der Waals surface area contributed by atoms with E-state index in [0.717, 1.165) is 12.2 Å². The molecular formula is C15H34S. The van der Waals surface area contributed by atoms with E-state index in [-0.39, 0.29) is 0 Å². The smallest absolute Gasteiger partial charge is 0.0181 e. The molecule has 0 bridgehead atoms. The van der Waals surface area contributed by atoms with Gasteiger partial charge in [0.1, 0.15) is 0 Å². The van der Waals surface area contributed by atoms with Crippen LogP contribution in [0.4, 0.5) is 0 Å². The standard InChI is InChI=1S/C9H16S.3C2H6/c1-4-7-9(5-2)8-10-6-3;3*1-2/h5,7H,2,4,6,8H2,1,3H3;3*1-2H3/b9-7+;;;. The molecule has 0 unspecified atom stereocenters. The second kappa shape index (κ2) is 36.4. The summed E-state index contributed by atoms with van der Waals surface area (Å²) in [5.41, 5.74) is 1.37. The second-order valence-electron chi connectivity index (χ2n) is 2.03. The van der Waals surface area contributed by atoms with Crippen LogP contribution in [-0.4, -0.2) is 11.5 Å². The highest BCUT2D eigenvalue weighted by atomic mass is 32.2. The molecule has 0 amide bonds. The molecule has 1 heteroatoms. The Labute approximate surface area is 110 Å². The van der Waals surface area contributed by atoms with E-state index in [0.29, 0.717) is 0 Å². The van der Waals surface area contributed by atoms with Gasteiger partial charge in [0.25, 0.3) is 0 Å². The molecule has 0 aromatic rings. The van der Waals surface area contributed by atoms with Gasteiger partial charge in [-0.1, -0.05) is 74.1 Å². The summed E-state index contributed by atoms with van der Waals surface area (Å²) in [5, 5.41) is 0. The first-order valence-corrected chi connectivity index (χ1v) is 7.89. The third-order valence-electron chi connectivity index (χ3n) is 1.20. The Kier molecular flexibility index (Phi) is 56.6. The summed E-state index contributed by atoms with van der Waals surface area (Å²) < 4.78 is 0. The van der Waals surface area contributed by atoms with Gasteiger partial charge in [-0.15, -0.1) is 0 Å². The zero-order valence-corrected chi connectivity index (χ0v) is 13.7. The van der Waals surface area contributed by atoms with E-state index in [2.05, 4.69) is 26.5 Å². The predicted octanol–water partition coefficient (Wildman–Crippen LogP) is 6.34. The van der Waals surface area contributed by atoms with E-state index < -0.39 is 0 Å².